The van der Waals surface area contributed by atoms with Gasteiger partial charge in [0.25, 0.3) is 0 Å². The normalized spacial score (nSPS) is 24.1. The lowest BCUT2D eigenvalue weighted by Crippen LogP contribution is -2.58. The van der Waals surface area contributed by atoms with Gasteiger partial charge in [0.2, 0.25) is 0 Å². The first kappa shape index (κ1) is 17.6. The van der Waals surface area contributed by atoms with E-state index < -0.39 is 11.5 Å². The third-order valence-electron chi connectivity index (χ3n) is 5.04. The lowest BCUT2D eigenvalue weighted by atomic mass is 9.92. The van der Waals surface area contributed by atoms with E-state index in [0.717, 1.165) is 24.0 Å². The zero-order valence-corrected chi connectivity index (χ0v) is 14.5. The van der Waals surface area contributed by atoms with Gasteiger partial charge in [-0.3, -0.25) is 10.1 Å². The maximum absolute atomic E-state index is 12.2. The molecule has 0 heterocycles. The molecule has 1 saturated carbocycles. The van der Waals surface area contributed by atoms with Crippen molar-refractivity contribution in [2.45, 2.75) is 50.5 Å². The van der Waals surface area contributed by atoms with Crippen molar-refractivity contribution >= 4 is 5.97 Å². The molecule has 0 radical (unpaired) electrons. The first-order valence-corrected chi connectivity index (χ1v) is 8.83. The van der Waals surface area contributed by atoms with Gasteiger partial charge in [-0.15, -0.1) is 0 Å². The molecule has 1 fully saturated rings. The van der Waals surface area contributed by atoms with E-state index in [1.54, 1.807) is 0 Å². The highest BCUT2D eigenvalue weighted by Crippen LogP contribution is 2.35. The molecular formula is C21H25NO3. The van der Waals surface area contributed by atoms with Gasteiger partial charge in [-0.25, -0.2) is 0 Å². The van der Waals surface area contributed by atoms with Crippen molar-refractivity contribution in [3.05, 3.63) is 71.8 Å². The van der Waals surface area contributed by atoms with Crippen LogP contribution >= 0.6 is 0 Å². The minimum atomic E-state index is -1.04. The van der Waals surface area contributed by atoms with Gasteiger partial charge in [0, 0.05) is 6.04 Å². The van der Waals surface area contributed by atoms with Gasteiger partial charge >= 0.3 is 5.97 Å². The van der Waals surface area contributed by atoms with Crippen LogP contribution in [0.25, 0.3) is 0 Å². The van der Waals surface area contributed by atoms with Crippen molar-refractivity contribution < 1.29 is 14.6 Å². The Labute approximate surface area is 148 Å². The lowest BCUT2D eigenvalue weighted by Gasteiger charge is -2.35. The Balaban J connectivity index is 1.74. The van der Waals surface area contributed by atoms with Crippen molar-refractivity contribution in [2.75, 3.05) is 0 Å². The van der Waals surface area contributed by atoms with Gasteiger partial charge in [-0.05, 0) is 37.3 Å². The van der Waals surface area contributed by atoms with E-state index in [4.69, 9.17) is 4.74 Å². The van der Waals surface area contributed by atoms with Crippen molar-refractivity contribution in [3.63, 3.8) is 0 Å². The topological polar surface area (TPSA) is 58.6 Å². The molecule has 0 spiro atoms. The Morgan fingerprint density at radius 3 is 2.48 bits per heavy atom. The summed E-state index contributed by atoms with van der Waals surface area (Å²) in [7, 11) is 0. The van der Waals surface area contributed by atoms with E-state index in [-0.39, 0.29) is 12.1 Å². The van der Waals surface area contributed by atoms with Crippen LogP contribution in [0.15, 0.2) is 60.7 Å². The Morgan fingerprint density at radius 1 is 1.20 bits per heavy atom. The number of nitrogens with one attached hydrogen (secondary N) is 1. The molecule has 4 heteroatoms. The molecule has 4 nitrogen and oxygen atoms in total. The molecule has 1 aliphatic rings. The van der Waals surface area contributed by atoms with Crippen LogP contribution in [0.1, 0.15) is 43.4 Å². The average Bonchev–Trinajstić information content (AvgIpc) is 3.05. The van der Waals surface area contributed by atoms with Crippen LogP contribution in [0, 0.1) is 0 Å². The summed E-state index contributed by atoms with van der Waals surface area (Å²) in [5.74, 6) is -0.828. The molecule has 0 unspecified atom stereocenters. The number of carbonyl (C=O) groups is 1. The van der Waals surface area contributed by atoms with Crippen LogP contribution < -0.4 is 5.32 Å². The van der Waals surface area contributed by atoms with E-state index >= 15 is 0 Å². The quantitative estimate of drug-likeness (QED) is 0.802. The predicted molar refractivity (Wildman–Crippen MR) is 97.2 cm³/mol. The molecule has 0 saturated heterocycles. The van der Waals surface area contributed by atoms with Crippen LogP contribution in [0.3, 0.4) is 0 Å². The summed E-state index contributed by atoms with van der Waals surface area (Å²) in [6.45, 7) is 2.44. The van der Waals surface area contributed by atoms with Gasteiger partial charge in [0.15, 0.2) is 0 Å². The number of carboxylic acids is 1. The fraction of sp³-hybridized carbons (Fsp3) is 0.381. The monoisotopic (exact) mass is 339 g/mol. The second kappa shape index (κ2) is 7.81. The van der Waals surface area contributed by atoms with Crippen molar-refractivity contribution in [1.29, 1.82) is 0 Å². The Bertz CT molecular complexity index is 689. The molecule has 0 aliphatic heterocycles. The molecule has 2 aromatic carbocycles. The molecule has 3 atom stereocenters. The molecule has 0 bridgehead atoms. The van der Waals surface area contributed by atoms with Crippen LogP contribution in [-0.4, -0.2) is 22.7 Å². The largest absolute Gasteiger partial charge is 0.480 e. The standard InChI is InChI=1S/C21H25NO3/c1-16(18-11-6-3-7-12-18)22-21(20(23)24)14-8-13-19(21)25-15-17-9-4-2-5-10-17/h2-7,9-12,16,19,22H,8,13-15H2,1H3,(H,23,24)/t16-,19-,21-/m0/s1. The molecular weight excluding hydrogens is 314 g/mol. The fourth-order valence-electron chi connectivity index (χ4n) is 3.65. The van der Waals surface area contributed by atoms with Gasteiger partial charge in [-0.2, -0.15) is 0 Å². The maximum Gasteiger partial charge on any atom is 0.326 e. The number of hydrogen-bond donors (Lipinski definition) is 2. The van der Waals surface area contributed by atoms with Gasteiger partial charge < -0.3 is 9.84 Å². The second-order valence-electron chi connectivity index (χ2n) is 6.73. The maximum atomic E-state index is 12.2. The summed E-state index contributed by atoms with van der Waals surface area (Å²) in [4.78, 5) is 12.2. The van der Waals surface area contributed by atoms with E-state index in [2.05, 4.69) is 5.32 Å². The molecule has 2 N–H and O–H groups in total. The summed E-state index contributed by atoms with van der Waals surface area (Å²) < 4.78 is 6.06. The average molecular weight is 339 g/mol. The van der Waals surface area contributed by atoms with Crippen LogP contribution in [0.2, 0.25) is 0 Å². The number of benzene rings is 2. The fourth-order valence-corrected chi connectivity index (χ4v) is 3.65. The van der Waals surface area contributed by atoms with Crippen molar-refractivity contribution in [2.24, 2.45) is 0 Å². The van der Waals surface area contributed by atoms with Gasteiger partial charge in [-0.1, -0.05) is 60.7 Å². The van der Waals surface area contributed by atoms with E-state index in [1.165, 1.54) is 0 Å². The highest BCUT2D eigenvalue weighted by atomic mass is 16.5. The van der Waals surface area contributed by atoms with E-state index in [9.17, 15) is 9.90 Å². The Kier molecular flexibility index (Phi) is 5.51. The van der Waals surface area contributed by atoms with Crippen molar-refractivity contribution in [1.82, 2.24) is 5.32 Å². The van der Waals surface area contributed by atoms with E-state index in [1.807, 2.05) is 67.6 Å². The second-order valence-corrected chi connectivity index (χ2v) is 6.73. The first-order chi connectivity index (χ1) is 12.1. The Morgan fingerprint density at radius 2 is 1.84 bits per heavy atom. The summed E-state index contributed by atoms with van der Waals surface area (Å²) in [5.41, 5.74) is 1.10. The third kappa shape index (κ3) is 3.91. The zero-order valence-electron chi connectivity index (χ0n) is 14.5. The molecule has 3 rings (SSSR count). The highest BCUT2D eigenvalue weighted by molar-refractivity contribution is 5.80. The highest BCUT2D eigenvalue weighted by Gasteiger charge is 2.50. The molecule has 25 heavy (non-hydrogen) atoms. The number of rotatable bonds is 7. The SMILES string of the molecule is C[C@H](N[C@@]1(C(=O)O)CCC[C@@H]1OCc1ccccc1)c1ccccc1. The van der Waals surface area contributed by atoms with Crippen LogP contribution in [0.4, 0.5) is 0 Å². The smallest absolute Gasteiger partial charge is 0.326 e. The lowest BCUT2D eigenvalue weighted by molar-refractivity contribution is -0.152. The predicted octanol–water partition coefficient (Wildman–Crippen LogP) is 3.93. The zero-order chi connectivity index (χ0) is 17.7. The Hall–Kier alpha value is -2.17. The molecule has 1 aliphatic carbocycles. The summed E-state index contributed by atoms with van der Waals surface area (Å²) in [6, 6.07) is 19.8. The molecule has 132 valence electrons. The molecule has 0 aromatic heterocycles. The van der Waals surface area contributed by atoms with E-state index in [0.29, 0.717) is 13.0 Å². The van der Waals surface area contributed by atoms with Crippen LogP contribution in [0.5, 0.6) is 0 Å². The number of aliphatic carboxylic acids is 1. The number of hydrogen-bond acceptors (Lipinski definition) is 3. The third-order valence-corrected chi connectivity index (χ3v) is 5.04. The minimum Gasteiger partial charge on any atom is -0.480 e. The van der Waals surface area contributed by atoms with Crippen molar-refractivity contribution in [3.8, 4) is 0 Å². The molecule has 0 amide bonds. The number of ether oxygens (including phenoxy) is 1. The minimum absolute atomic E-state index is 0.0572. The van der Waals surface area contributed by atoms with Gasteiger partial charge in [0.05, 0.1) is 12.7 Å². The van der Waals surface area contributed by atoms with Gasteiger partial charge in [0.1, 0.15) is 5.54 Å². The number of carboxylic acid groups (broad SMARTS) is 1. The van der Waals surface area contributed by atoms with Crippen LogP contribution in [-0.2, 0) is 16.1 Å². The summed E-state index contributed by atoms with van der Waals surface area (Å²) >= 11 is 0. The first-order valence-electron chi connectivity index (χ1n) is 8.83. The summed E-state index contributed by atoms with van der Waals surface area (Å²) in [5, 5.41) is 13.4. The summed E-state index contributed by atoms with van der Waals surface area (Å²) in [6.07, 6.45) is 1.85. The molecule has 2 aromatic rings.